The number of ketones is 3. The van der Waals surface area contributed by atoms with Crippen LogP contribution in [0.3, 0.4) is 0 Å². The smallest absolute Gasteiger partial charge is 0.207 e. The molecule has 0 bridgehead atoms. The van der Waals surface area contributed by atoms with Crippen LogP contribution in [0.5, 0.6) is 0 Å². The number of aliphatic hydroxyl groups excluding tert-OH is 1. The van der Waals surface area contributed by atoms with Gasteiger partial charge in [-0.05, 0) is 20.8 Å². The number of nitrogen functional groups attached to an aromatic ring is 1. The minimum atomic E-state index is -3.01. The molecule has 1 fully saturated rings. The summed E-state index contributed by atoms with van der Waals surface area (Å²) < 4.78 is 6.95. The maximum absolute atomic E-state index is 12.9. The highest BCUT2D eigenvalue weighted by Crippen LogP contribution is 2.49. The highest BCUT2D eigenvalue weighted by molar-refractivity contribution is 6.05. The van der Waals surface area contributed by atoms with Crippen molar-refractivity contribution in [3.63, 3.8) is 0 Å². The third kappa shape index (κ3) is 3.07. The summed E-state index contributed by atoms with van der Waals surface area (Å²) >= 11 is 0. The lowest BCUT2D eigenvalue weighted by molar-refractivity contribution is -0.181. The van der Waals surface area contributed by atoms with E-state index in [0.717, 1.165) is 27.1 Å². The average molecular weight is 469 g/mol. The number of imidazole rings is 1. The first kappa shape index (κ1) is 23.6. The summed E-state index contributed by atoms with van der Waals surface area (Å²) in [5, 5.41) is 33.0. The molecular formula is C22H23N5O7. The molecular weight excluding hydrogens is 446 g/mol. The number of nitrogens with two attached hydrogens (primary N) is 1. The first-order valence-corrected chi connectivity index (χ1v) is 10.3. The van der Waals surface area contributed by atoms with Crippen LogP contribution in [-0.2, 0) is 19.1 Å². The lowest BCUT2D eigenvalue weighted by Crippen LogP contribution is -2.67. The molecule has 12 nitrogen and oxygen atoms in total. The molecule has 34 heavy (non-hydrogen) atoms. The molecule has 2 aromatic heterocycles. The summed E-state index contributed by atoms with van der Waals surface area (Å²) in [6, 6.07) is 8.55. The van der Waals surface area contributed by atoms with Crippen molar-refractivity contribution in [1.29, 1.82) is 0 Å². The molecule has 1 unspecified atom stereocenters. The minimum absolute atomic E-state index is 0.0104. The second-order valence-electron chi connectivity index (χ2n) is 8.19. The van der Waals surface area contributed by atoms with E-state index in [1.165, 1.54) is 4.57 Å². The van der Waals surface area contributed by atoms with Gasteiger partial charge in [-0.25, -0.2) is 15.0 Å². The van der Waals surface area contributed by atoms with Gasteiger partial charge in [0, 0.05) is 5.56 Å². The van der Waals surface area contributed by atoms with E-state index < -0.39 is 47.0 Å². The molecule has 5 atom stereocenters. The molecule has 178 valence electrons. The van der Waals surface area contributed by atoms with E-state index >= 15 is 0 Å². The number of benzene rings is 1. The Balaban J connectivity index is 2.08. The fourth-order valence-corrected chi connectivity index (χ4v) is 4.29. The third-order valence-corrected chi connectivity index (χ3v) is 6.10. The van der Waals surface area contributed by atoms with E-state index in [0.29, 0.717) is 5.56 Å². The van der Waals surface area contributed by atoms with Gasteiger partial charge in [0.15, 0.2) is 52.3 Å². The maximum atomic E-state index is 12.9. The van der Waals surface area contributed by atoms with Crippen LogP contribution in [0.15, 0.2) is 36.7 Å². The molecule has 0 amide bonds. The lowest BCUT2D eigenvalue weighted by atomic mass is 9.73. The molecule has 1 saturated heterocycles. The summed E-state index contributed by atoms with van der Waals surface area (Å²) in [6.45, 7) is 2.97. The third-order valence-electron chi connectivity index (χ3n) is 6.10. The van der Waals surface area contributed by atoms with E-state index in [-0.39, 0.29) is 22.8 Å². The van der Waals surface area contributed by atoms with Crippen LogP contribution in [0.4, 0.5) is 5.82 Å². The van der Waals surface area contributed by atoms with Crippen LogP contribution >= 0.6 is 0 Å². The predicted molar refractivity (Wildman–Crippen MR) is 117 cm³/mol. The van der Waals surface area contributed by atoms with Crippen molar-refractivity contribution in [2.45, 2.75) is 50.4 Å². The molecule has 4 rings (SSSR count). The van der Waals surface area contributed by atoms with Crippen molar-refractivity contribution < 1.29 is 34.4 Å². The number of aliphatic hydroxyl groups is 3. The van der Waals surface area contributed by atoms with E-state index in [1.54, 1.807) is 30.3 Å². The molecule has 1 aliphatic rings. The first-order chi connectivity index (χ1) is 16.0. The lowest BCUT2D eigenvalue weighted by Gasteiger charge is -2.37. The number of anilines is 1. The van der Waals surface area contributed by atoms with Crippen LogP contribution in [0.1, 0.15) is 27.0 Å². The second kappa shape index (κ2) is 8.02. The zero-order valence-electron chi connectivity index (χ0n) is 18.5. The summed E-state index contributed by atoms with van der Waals surface area (Å²) in [6.07, 6.45) is -4.45. The van der Waals surface area contributed by atoms with Gasteiger partial charge in [0.05, 0.1) is 0 Å². The van der Waals surface area contributed by atoms with Gasteiger partial charge in [-0.3, -0.25) is 19.0 Å². The zero-order chi connectivity index (χ0) is 25.0. The largest absolute Gasteiger partial charge is 0.386 e. The van der Waals surface area contributed by atoms with Gasteiger partial charge in [0.25, 0.3) is 0 Å². The summed E-state index contributed by atoms with van der Waals surface area (Å²) in [4.78, 5) is 50.9. The summed E-state index contributed by atoms with van der Waals surface area (Å²) in [5.74, 6) is -3.16. The van der Waals surface area contributed by atoms with Crippen LogP contribution in [0.25, 0.3) is 22.6 Å². The normalized spacial score (nSPS) is 27.6. The number of carbonyl (C=O) groups excluding carboxylic acids is 3. The Kier molecular flexibility index (Phi) is 5.56. The van der Waals surface area contributed by atoms with Gasteiger partial charge in [0.2, 0.25) is 5.60 Å². The molecule has 0 spiro atoms. The average Bonchev–Trinajstić information content (AvgIpc) is 3.29. The molecule has 3 heterocycles. The van der Waals surface area contributed by atoms with Gasteiger partial charge >= 0.3 is 0 Å². The van der Waals surface area contributed by atoms with Crippen molar-refractivity contribution in [3.05, 3.63) is 36.7 Å². The van der Waals surface area contributed by atoms with Gasteiger partial charge in [-0.15, -0.1) is 0 Å². The molecule has 0 aliphatic carbocycles. The van der Waals surface area contributed by atoms with E-state index in [4.69, 9.17) is 10.5 Å². The number of hydrogen-bond acceptors (Lipinski definition) is 11. The van der Waals surface area contributed by atoms with Crippen molar-refractivity contribution in [1.82, 2.24) is 19.5 Å². The van der Waals surface area contributed by atoms with Crippen LogP contribution in [0, 0.1) is 0 Å². The fraction of sp³-hybridized carbons (Fsp3) is 0.364. The predicted octanol–water partition coefficient (Wildman–Crippen LogP) is -0.437. The van der Waals surface area contributed by atoms with Gasteiger partial charge in [0.1, 0.15) is 18.3 Å². The molecule has 1 aliphatic heterocycles. The maximum Gasteiger partial charge on any atom is 0.207 e. The van der Waals surface area contributed by atoms with E-state index in [2.05, 4.69) is 15.0 Å². The molecule has 1 aromatic carbocycles. The SMILES string of the molecule is CC(=O)[C@@]1(O)[C@@H](C(=O)C(C)O)O[C@@H](n2c(-c3ccccc3)nc3c(N)ncnc32)[C@@]1(O)C(C)=O. The standard InChI is InChI=1S/C22H23N5O7/c1-10(28)15(31)16-21(32,11(2)29)22(33,12(3)30)20(34-16)27-18(13-7-5-4-6-8-13)26-14-17(23)24-9-25-19(14)27/h4-10,16,20,28,32-33H,1-3H3,(H2,23,24,25)/t10?,16-,20-,21-,22+/m1/s1. The molecule has 5 N–H and O–H groups in total. The number of carbonyl (C=O) groups is 3. The number of fused-ring (bicyclic) bond motifs is 1. The summed E-state index contributed by atoms with van der Waals surface area (Å²) in [7, 11) is 0. The van der Waals surface area contributed by atoms with Gasteiger partial charge in [-0.2, -0.15) is 0 Å². The van der Waals surface area contributed by atoms with Crippen LogP contribution in [0.2, 0.25) is 0 Å². The Bertz CT molecular complexity index is 1310. The Labute approximate surface area is 193 Å². The van der Waals surface area contributed by atoms with Crippen LogP contribution < -0.4 is 5.73 Å². The van der Waals surface area contributed by atoms with Crippen molar-refractivity contribution >= 4 is 34.3 Å². The highest BCUT2D eigenvalue weighted by atomic mass is 16.6. The highest BCUT2D eigenvalue weighted by Gasteiger charge is 2.74. The second-order valence-corrected chi connectivity index (χ2v) is 8.19. The van der Waals surface area contributed by atoms with Crippen LogP contribution in [-0.4, -0.2) is 75.6 Å². The van der Waals surface area contributed by atoms with Gasteiger partial charge < -0.3 is 25.8 Å². The Morgan fingerprint density at radius 1 is 1.09 bits per heavy atom. The number of nitrogens with zero attached hydrogens (tertiary/aromatic N) is 4. The molecule has 3 aromatic rings. The molecule has 0 saturated carbocycles. The monoisotopic (exact) mass is 469 g/mol. The first-order valence-electron chi connectivity index (χ1n) is 10.3. The number of ether oxygens (including phenoxy) is 1. The number of Topliss-reactive ketones (excluding diaryl/α,β-unsaturated/α-hetero) is 3. The topological polar surface area (TPSA) is 191 Å². The molecule has 0 radical (unpaired) electrons. The quantitative estimate of drug-likeness (QED) is 0.366. The van der Waals surface area contributed by atoms with Crippen molar-refractivity contribution in [2.75, 3.05) is 5.73 Å². The summed E-state index contributed by atoms with van der Waals surface area (Å²) in [5.41, 5.74) is 0.621. The van der Waals surface area contributed by atoms with E-state index in [9.17, 15) is 29.7 Å². The Hall–Kier alpha value is -3.58. The minimum Gasteiger partial charge on any atom is -0.386 e. The number of hydrogen-bond donors (Lipinski definition) is 4. The van der Waals surface area contributed by atoms with Crippen molar-refractivity contribution in [3.8, 4) is 11.4 Å². The number of rotatable bonds is 6. The number of aromatic nitrogens is 4. The fourth-order valence-electron chi connectivity index (χ4n) is 4.29. The Morgan fingerprint density at radius 2 is 1.71 bits per heavy atom. The molecule has 12 heteroatoms. The zero-order valence-corrected chi connectivity index (χ0v) is 18.5. The Morgan fingerprint density at radius 3 is 2.26 bits per heavy atom. The van der Waals surface area contributed by atoms with E-state index in [1.807, 2.05) is 0 Å². The van der Waals surface area contributed by atoms with Crippen molar-refractivity contribution in [2.24, 2.45) is 0 Å². The van der Waals surface area contributed by atoms with Gasteiger partial charge in [-0.1, -0.05) is 30.3 Å².